The van der Waals surface area contributed by atoms with Crippen LogP contribution in [-0.4, -0.2) is 24.4 Å². The molecule has 0 spiro atoms. The van der Waals surface area contributed by atoms with Crippen molar-refractivity contribution in [1.29, 1.82) is 0 Å². The lowest BCUT2D eigenvalue weighted by Gasteiger charge is -2.08. The fraction of sp³-hybridized carbons (Fsp3) is 0.714. The van der Waals surface area contributed by atoms with Gasteiger partial charge in [0.25, 0.3) is 5.91 Å². The lowest BCUT2D eigenvalue weighted by Crippen LogP contribution is -2.34. The average Bonchev–Trinajstić information content (AvgIpc) is 2.05. The smallest absolute Gasteiger partial charge is 0.324 e. The zero-order valence-corrected chi connectivity index (χ0v) is 7.73. The van der Waals surface area contributed by atoms with Gasteiger partial charge in [-0.25, -0.2) is 4.39 Å². The predicted octanol–water partition coefficient (Wildman–Crippen LogP) is 0.348. The Hall–Kier alpha value is -1.27. The van der Waals surface area contributed by atoms with Crippen molar-refractivity contribution in [2.75, 3.05) is 6.67 Å². The van der Waals surface area contributed by atoms with Crippen LogP contribution in [0.15, 0.2) is 0 Å². The van der Waals surface area contributed by atoms with Crippen LogP contribution in [0.5, 0.6) is 0 Å². The number of hydrogen-bond acceptors (Lipinski definition) is 2. The van der Waals surface area contributed by atoms with E-state index < -0.39 is 30.8 Å². The normalized spacial score (nSPS) is 10.0. The van der Waals surface area contributed by atoms with E-state index in [0.717, 1.165) is 0 Å². The van der Waals surface area contributed by atoms with Gasteiger partial charge in [0.2, 0.25) is 5.91 Å². The number of rotatable bonds is 4. The first-order valence-electron chi connectivity index (χ1n) is 3.80. The van der Waals surface area contributed by atoms with Crippen molar-refractivity contribution in [3.05, 3.63) is 0 Å². The van der Waals surface area contributed by atoms with Gasteiger partial charge in [-0.1, -0.05) is 6.92 Å². The zero-order chi connectivity index (χ0) is 11.8. The van der Waals surface area contributed by atoms with E-state index >= 15 is 0 Å². The van der Waals surface area contributed by atoms with Crippen molar-refractivity contribution in [1.82, 2.24) is 0 Å². The van der Waals surface area contributed by atoms with Crippen molar-refractivity contribution < 1.29 is 22.8 Å². The van der Waals surface area contributed by atoms with Crippen LogP contribution in [0.25, 0.3) is 0 Å². The summed E-state index contributed by atoms with van der Waals surface area (Å²) in [5.41, 5.74) is 8.65. The second kappa shape index (κ2) is 7.16. The minimum absolute atomic E-state index is 0.260. The molecule has 0 aliphatic carbocycles. The number of alkyl halides is 3. The molecule has 0 aromatic carbocycles. The standard InChI is InChI=1S/C5H9F2NO.C2H4FNO/c1-2-3-5(6,7)4(8)9;3-1-2(4)5/h2-3H2,1H3,(H2,8,9);1H2,(H2,4,5). The molecule has 14 heavy (non-hydrogen) atoms. The van der Waals surface area contributed by atoms with E-state index in [2.05, 4.69) is 11.5 Å². The van der Waals surface area contributed by atoms with Crippen molar-refractivity contribution in [3.8, 4) is 0 Å². The van der Waals surface area contributed by atoms with Crippen molar-refractivity contribution >= 4 is 11.8 Å². The van der Waals surface area contributed by atoms with Crippen LogP contribution in [0.3, 0.4) is 0 Å². The molecule has 0 aromatic rings. The molecular weight excluding hydrogens is 201 g/mol. The number of hydrogen-bond donors (Lipinski definition) is 2. The second-order valence-corrected chi connectivity index (χ2v) is 2.42. The summed E-state index contributed by atoms with van der Waals surface area (Å²) >= 11 is 0. The molecule has 0 bridgehead atoms. The summed E-state index contributed by atoms with van der Waals surface area (Å²) in [5, 5.41) is 0. The van der Waals surface area contributed by atoms with Crippen molar-refractivity contribution in [2.24, 2.45) is 11.5 Å². The van der Waals surface area contributed by atoms with Crippen molar-refractivity contribution in [3.63, 3.8) is 0 Å². The molecule has 0 saturated carbocycles. The lowest BCUT2D eigenvalue weighted by molar-refractivity contribution is -0.142. The number of nitrogens with two attached hydrogens (primary N) is 2. The van der Waals surface area contributed by atoms with Gasteiger partial charge in [-0.2, -0.15) is 8.78 Å². The molecule has 0 atom stereocenters. The molecule has 0 aliphatic rings. The molecule has 4 N–H and O–H groups in total. The highest BCUT2D eigenvalue weighted by molar-refractivity contribution is 5.81. The summed E-state index contributed by atoms with van der Waals surface area (Å²) in [6, 6.07) is 0. The molecule has 0 heterocycles. The number of halogens is 3. The highest BCUT2D eigenvalue weighted by Crippen LogP contribution is 2.18. The Morgan fingerprint density at radius 2 is 1.64 bits per heavy atom. The summed E-state index contributed by atoms with van der Waals surface area (Å²) in [4.78, 5) is 19.1. The van der Waals surface area contributed by atoms with Crippen LogP contribution in [0.1, 0.15) is 19.8 Å². The Kier molecular flexibility index (Phi) is 7.78. The highest BCUT2D eigenvalue weighted by atomic mass is 19.3. The van der Waals surface area contributed by atoms with Crippen LogP contribution in [-0.2, 0) is 9.59 Å². The third kappa shape index (κ3) is 8.82. The zero-order valence-electron chi connectivity index (χ0n) is 7.73. The van der Waals surface area contributed by atoms with Gasteiger partial charge >= 0.3 is 5.92 Å². The number of carbonyl (C=O) groups excluding carboxylic acids is 2. The first-order chi connectivity index (χ1) is 6.27. The number of primary amides is 2. The SMILES string of the molecule is CCCC(F)(F)C(N)=O.NC(=O)CF. The number of amides is 2. The Labute approximate surface area is 79.4 Å². The Morgan fingerprint density at radius 3 is 1.71 bits per heavy atom. The van der Waals surface area contributed by atoms with Gasteiger partial charge in [0.15, 0.2) is 6.67 Å². The van der Waals surface area contributed by atoms with Crippen LogP contribution in [0.4, 0.5) is 13.2 Å². The first kappa shape index (κ1) is 15.2. The van der Waals surface area contributed by atoms with E-state index in [-0.39, 0.29) is 6.42 Å². The summed E-state index contributed by atoms with van der Waals surface area (Å²) in [6.07, 6.45) is -0.196. The van der Waals surface area contributed by atoms with E-state index in [1.54, 1.807) is 6.92 Å². The van der Waals surface area contributed by atoms with Crippen LogP contribution < -0.4 is 11.5 Å². The summed E-state index contributed by atoms with van der Waals surface area (Å²) in [6.45, 7) is 0.511. The second-order valence-electron chi connectivity index (χ2n) is 2.42. The third-order valence-electron chi connectivity index (χ3n) is 1.06. The van der Waals surface area contributed by atoms with Gasteiger partial charge in [0.05, 0.1) is 0 Å². The molecule has 0 aromatic heterocycles. The maximum Gasteiger partial charge on any atom is 0.324 e. The summed E-state index contributed by atoms with van der Waals surface area (Å²) < 4.78 is 34.8. The van der Waals surface area contributed by atoms with Crippen LogP contribution in [0, 0.1) is 0 Å². The molecule has 0 radical (unpaired) electrons. The molecular formula is C7H13F3N2O2. The van der Waals surface area contributed by atoms with Gasteiger partial charge in [-0.3, -0.25) is 9.59 Å². The first-order valence-corrected chi connectivity index (χ1v) is 3.80. The molecule has 4 nitrogen and oxygen atoms in total. The van der Waals surface area contributed by atoms with Crippen molar-refractivity contribution in [2.45, 2.75) is 25.7 Å². The Bertz CT molecular complexity index is 197. The topological polar surface area (TPSA) is 86.2 Å². The average molecular weight is 214 g/mol. The van der Waals surface area contributed by atoms with Gasteiger partial charge in [-0.15, -0.1) is 0 Å². The molecule has 0 saturated heterocycles. The monoisotopic (exact) mass is 214 g/mol. The van der Waals surface area contributed by atoms with Gasteiger partial charge in [0.1, 0.15) is 0 Å². The molecule has 0 rings (SSSR count). The van der Waals surface area contributed by atoms with E-state index in [1.165, 1.54) is 0 Å². The minimum atomic E-state index is -3.31. The molecule has 84 valence electrons. The summed E-state index contributed by atoms with van der Waals surface area (Å²) in [7, 11) is 0. The largest absolute Gasteiger partial charge is 0.367 e. The van der Waals surface area contributed by atoms with Gasteiger partial charge < -0.3 is 11.5 Å². The van der Waals surface area contributed by atoms with E-state index in [1.807, 2.05) is 0 Å². The molecule has 2 amide bonds. The fourth-order valence-electron chi connectivity index (χ4n) is 0.437. The van der Waals surface area contributed by atoms with Crippen LogP contribution >= 0.6 is 0 Å². The maximum atomic E-state index is 12.1. The third-order valence-corrected chi connectivity index (χ3v) is 1.06. The fourth-order valence-corrected chi connectivity index (χ4v) is 0.437. The highest BCUT2D eigenvalue weighted by Gasteiger charge is 2.34. The van der Waals surface area contributed by atoms with Gasteiger partial charge in [-0.05, 0) is 6.42 Å². The van der Waals surface area contributed by atoms with Gasteiger partial charge in [0, 0.05) is 6.42 Å². The minimum Gasteiger partial charge on any atom is -0.367 e. The number of carbonyl (C=O) groups is 2. The molecule has 7 heteroatoms. The van der Waals surface area contributed by atoms with E-state index in [0.29, 0.717) is 0 Å². The lowest BCUT2D eigenvalue weighted by atomic mass is 10.2. The quantitative estimate of drug-likeness (QED) is 0.707. The molecule has 0 fully saturated rings. The maximum absolute atomic E-state index is 12.1. The Morgan fingerprint density at radius 1 is 1.29 bits per heavy atom. The Balaban J connectivity index is 0. The van der Waals surface area contributed by atoms with E-state index in [9.17, 15) is 22.8 Å². The van der Waals surface area contributed by atoms with E-state index in [4.69, 9.17) is 0 Å². The molecule has 0 unspecified atom stereocenters. The molecule has 0 aliphatic heterocycles. The predicted molar refractivity (Wildman–Crippen MR) is 44.2 cm³/mol. The summed E-state index contributed by atoms with van der Waals surface area (Å²) in [5.74, 6) is -5.76. The van der Waals surface area contributed by atoms with Crippen LogP contribution in [0.2, 0.25) is 0 Å².